The maximum absolute atomic E-state index is 12.0. The van der Waals surface area contributed by atoms with Gasteiger partial charge in [0, 0.05) is 17.8 Å². The highest BCUT2D eigenvalue weighted by molar-refractivity contribution is 6.34. The number of nitrogens with two attached hydrogens (primary N) is 1. The maximum atomic E-state index is 12.0. The maximum Gasteiger partial charge on any atom is 0.340 e. The zero-order valence-electron chi connectivity index (χ0n) is 12.1. The summed E-state index contributed by atoms with van der Waals surface area (Å²) in [6, 6.07) is 4.00. The third-order valence-electron chi connectivity index (χ3n) is 3.94. The van der Waals surface area contributed by atoms with Gasteiger partial charge in [-0.25, -0.2) is 4.79 Å². The Balaban J connectivity index is 2.56. The lowest BCUT2D eigenvalue weighted by Crippen LogP contribution is -2.44. The van der Waals surface area contributed by atoms with Crippen molar-refractivity contribution in [2.24, 2.45) is 0 Å². The van der Waals surface area contributed by atoms with Crippen LogP contribution in [-0.4, -0.2) is 25.2 Å². The van der Waals surface area contributed by atoms with Gasteiger partial charge >= 0.3 is 5.97 Å². The number of carbonyl (C=O) groups excluding carboxylic acids is 1. The van der Waals surface area contributed by atoms with Crippen molar-refractivity contribution in [3.8, 4) is 0 Å². The van der Waals surface area contributed by atoms with E-state index in [1.54, 1.807) is 12.1 Å². The average molecular weight is 297 g/mol. The molecule has 0 spiro atoms. The first-order valence-electron chi connectivity index (χ1n) is 6.91. The molecule has 110 valence electrons. The van der Waals surface area contributed by atoms with Crippen LogP contribution in [0.1, 0.15) is 43.5 Å². The van der Waals surface area contributed by atoms with Crippen LogP contribution in [0, 0.1) is 0 Å². The number of hydrogen-bond donors (Lipinski definition) is 1. The first kappa shape index (κ1) is 15.0. The lowest BCUT2D eigenvalue weighted by Gasteiger charge is -2.42. The van der Waals surface area contributed by atoms with Gasteiger partial charge in [0.2, 0.25) is 0 Å². The van der Waals surface area contributed by atoms with E-state index in [2.05, 4.69) is 18.7 Å². The summed E-state index contributed by atoms with van der Waals surface area (Å²) in [4.78, 5) is 14.3. The van der Waals surface area contributed by atoms with Crippen molar-refractivity contribution in [3.63, 3.8) is 0 Å². The number of halogens is 1. The van der Waals surface area contributed by atoms with E-state index < -0.39 is 5.97 Å². The van der Waals surface area contributed by atoms with Gasteiger partial charge in [0.05, 0.1) is 23.4 Å². The minimum absolute atomic E-state index is 0.336. The molecule has 0 unspecified atom stereocenters. The molecule has 2 N–H and O–H groups in total. The Labute approximate surface area is 124 Å². The normalized spacial score (nSPS) is 22.7. The molecule has 1 aromatic rings. The molecule has 5 heteroatoms. The van der Waals surface area contributed by atoms with Crippen LogP contribution in [0.15, 0.2) is 12.1 Å². The fraction of sp³-hybridized carbons (Fsp3) is 0.533. The Morgan fingerprint density at radius 3 is 2.50 bits per heavy atom. The molecule has 1 heterocycles. The second-order valence-electron chi connectivity index (χ2n) is 5.43. The van der Waals surface area contributed by atoms with Gasteiger partial charge < -0.3 is 15.4 Å². The minimum Gasteiger partial charge on any atom is -0.465 e. The third kappa shape index (κ3) is 2.70. The lowest BCUT2D eigenvalue weighted by atomic mass is 9.95. The first-order chi connectivity index (χ1) is 9.45. The Bertz CT molecular complexity index is 509. The summed E-state index contributed by atoms with van der Waals surface area (Å²) < 4.78 is 4.87. The predicted octanol–water partition coefficient (Wildman–Crippen LogP) is 3.48. The third-order valence-corrected chi connectivity index (χ3v) is 4.23. The van der Waals surface area contributed by atoms with Crippen LogP contribution in [0.3, 0.4) is 0 Å². The smallest absolute Gasteiger partial charge is 0.340 e. The van der Waals surface area contributed by atoms with E-state index in [0.717, 1.165) is 18.5 Å². The number of methoxy groups -OCH3 is 1. The van der Waals surface area contributed by atoms with Gasteiger partial charge in [-0.1, -0.05) is 11.6 Å². The van der Waals surface area contributed by atoms with Gasteiger partial charge in [0.1, 0.15) is 0 Å². The molecule has 1 saturated heterocycles. The Hall–Kier alpha value is -1.42. The molecule has 2 atom stereocenters. The molecule has 0 radical (unpaired) electrons. The van der Waals surface area contributed by atoms with Crippen LogP contribution < -0.4 is 10.6 Å². The number of piperidine rings is 1. The predicted molar refractivity (Wildman–Crippen MR) is 82.5 cm³/mol. The lowest BCUT2D eigenvalue weighted by molar-refractivity contribution is 0.0601. The first-order valence-corrected chi connectivity index (χ1v) is 7.29. The van der Waals surface area contributed by atoms with Crippen molar-refractivity contribution >= 4 is 28.9 Å². The Kier molecular flexibility index (Phi) is 4.43. The zero-order chi connectivity index (χ0) is 14.9. The van der Waals surface area contributed by atoms with Gasteiger partial charge in [-0.05, 0) is 45.2 Å². The molecule has 1 aliphatic rings. The molecule has 0 saturated carbocycles. The standard InChI is InChI=1S/C15H21ClN2O2/c1-9-5-4-6-10(2)18(9)14-12(15(19)20-3)7-11(17)8-13(14)16/h7-10H,4-6,17H2,1-3H3/t9-,10+. The van der Waals surface area contributed by atoms with Crippen molar-refractivity contribution in [1.82, 2.24) is 0 Å². The summed E-state index contributed by atoms with van der Waals surface area (Å²) in [5.74, 6) is -0.404. The van der Waals surface area contributed by atoms with Gasteiger partial charge in [0.25, 0.3) is 0 Å². The Morgan fingerprint density at radius 1 is 1.35 bits per heavy atom. The molecule has 1 aromatic carbocycles. The molecule has 1 fully saturated rings. The van der Waals surface area contributed by atoms with Gasteiger partial charge in [-0.3, -0.25) is 0 Å². The van der Waals surface area contributed by atoms with E-state index in [-0.39, 0.29) is 0 Å². The summed E-state index contributed by atoms with van der Waals surface area (Å²) >= 11 is 6.37. The number of carbonyl (C=O) groups is 1. The van der Waals surface area contributed by atoms with Gasteiger partial charge in [-0.2, -0.15) is 0 Å². The van der Waals surface area contributed by atoms with Crippen molar-refractivity contribution in [1.29, 1.82) is 0 Å². The van der Waals surface area contributed by atoms with Crippen molar-refractivity contribution in [3.05, 3.63) is 22.7 Å². The van der Waals surface area contributed by atoms with Crippen LogP contribution >= 0.6 is 11.6 Å². The van der Waals surface area contributed by atoms with E-state index >= 15 is 0 Å². The van der Waals surface area contributed by atoms with Gasteiger partial charge in [-0.15, -0.1) is 0 Å². The summed E-state index contributed by atoms with van der Waals surface area (Å²) in [7, 11) is 1.37. The second kappa shape index (κ2) is 5.92. The van der Waals surface area contributed by atoms with Crippen LogP contribution in [0.25, 0.3) is 0 Å². The quantitative estimate of drug-likeness (QED) is 0.670. The number of benzene rings is 1. The number of nitrogen functional groups attached to an aromatic ring is 1. The van der Waals surface area contributed by atoms with Crippen LogP contribution in [0.2, 0.25) is 5.02 Å². The molecule has 0 bridgehead atoms. The summed E-state index contributed by atoms with van der Waals surface area (Å²) in [5.41, 5.74) is 7.46. The molecule has 0 aliphatic carbocycles. The number of ether oxygens (including phenoxy) is 1. The highest BCUT2D eigenvalue weighted by atomic mass is 35.5. The van der Waals surface area contributed by atoms with Crippen molar-refractivity contribution in [2.75, 3.05) is 17.7 Å². The SMILES string of the molecule is COC(=O)c1cc(N)cc(Cl)c1N1[C@H](C)CCC[C@@H]1C. The number of rotatable bonds is 2. The largest absolute Gasteiger partial charge is 0.465 e. The minimum atomic E-state index is -0.404. The Morgan fingerprint density at radius 2 is 1.95 bits per heavy atom. The monoisotopic (exact) mass is 296 g/mol. The molecule has 2 rings (SSSR count). The summed E-state index contributed by atoms with van der Waals surface area (Å²) in [6.45, 7) is 4.31. The second-order valence-corrected chi connectivity index (χ2v) is 5.83. The average Bonchev–Trinajstić information content (AvgIpc) is 2.39. The van der Waals surface area contributed by atoms with Gasteiger partial charge in [0.15, 0.2) is 0 Å². The van der Waals surface area contributed by atoms with Crippen molar-refractivity contribution in [2.45, 2.75) is 45.2 Å². The zero-order valence-corrected chi connectivity index (χ0v) is 12.9. The molecule has 4 nitrogen and oxygen atoms in total. The highest BCUT2D eigenvalue weighted by Gasteiger charge is 2.30. The number of anilines is 2. The topological polar surface area (TPSA) is 55.6 Å². The van der Waals surface area contributed by atoms with Crippen LogP contribution in [-0.2, 0) is 4.74 Å². The van der Waals surface area contributed by atoms with E-state index in [9.17, 15) is 4.79 Å². The highest BCUT2D eigenvalue weighted by Crippen LogP contribution is 2.38. The number of hydrogen-bond acceptors (Lipinski definition) is 4. The molecular formula is C15H21ClN2O2. The molecule has 0 aromatic heterocycles. The fourth-order valence-corrected chi connectivity index (χ4v) is 3.34. The molecule has 1 aliphatic heterocycles. The molecular weight excluding hydrogens is 276 g/mol. The number of nitrogens with zero attached hydrogens (tertiary/aromatic N) is 1. The van der Waals surface area contributed by atoms with E-state index in [1.807, 2.05) is 0 Å². The van der Waals surface area contributed by atoms with E-state index in [1.165, 1.54) is 13.5 Å². The van der Waals surface area contributed by atoms with Crippen LogP contribution in [0.4, 0.5) is 11.4 Å². The fourth-order valence-electron chi connectivity index (χ4n) is 3.01. The van der Waals surface area contributed by atoms with E-state index in [0.29, 0.717) is 28.4 Å². The van der Waals surface area contributed by atoms with Crippen molar-refractivity contribution < 1.29 is 9.53 Å². The summed E-state index contributed by atoms with van der Waals surface area (Å²) in [5, 5.41) is 0.506. The molecule has 0 amide bonds. The molecule has 20 heavy (non-hydrogen) atoms. The van der Waals surface area contributed by atoms with E-state index in [4.69, 9.17) is 22.1 Å². The number of esters is 1. The summed E-state index contributed by atoms with van der Waals surface area (Å²) in [6.07, 6.45) is 3.37. The van der Waals surface area contributed by atoms with Crippen LogP contribution in [0.5, 0.6) is 0 Å².